The molecular formula is C12H22N2O. The molecule has 3 heteroatoms. The molecule has 2 atom stereocenters. The van der Waals surface area contributed by atoms with Crippen molar-refractivity contribution in [1.82, 2.24) is 10.6 Å². The first-order valence-electron chi connectivity index (χ1n) is 6.03. The van der Waals surface area contributed by atoms with Gasteiger partial charge in [0, 0.05) is 25.6 Å². The summed E-state index contributed by atoms with van der Waals surface area (Å²) >= 11 is 0. The van der Waals surface area contributed by atoms with Crippen molar-refractivity contribution in [3.63, 3.8) is 0 Å². The Kier molecular flexibility index (Phi) is 2.75. The van der Waals surface area contributed by atoms with Crippen LogP contribution in [0.1, 0.15) is 33.6 Å². The van der Waals surface area contributed by atoms with Crippen LogP contribution in [0.3, 0.4) is 0 Å². The maximum atomic E-state index is 11.8. The van der Waals surface area contributed by atoms with E-state index in [9.17, 15) is 4.79 Å². The van der Waals surface area contributed by atoms with Crippen LogP contribution in [0, 0.1) is 17.3 Å². The number of carbonyl (C=O) groups is 1. The van der Waals surface area contributed by atoms with Crippen molar-refractivity contribution < 1.29 is 4.79 Å². The van der Waals surface area contributed by atoms with Crippen molar-refractivity contribution in [2.45, 2.75) is 39.7 Å². The molecule has 1 heterocycles. The Morgan fingerprint density at radius 2 is 2.00 bits per heavy atom. The molecule has 1 saturated carbocycles. The van der Waals surface area contributed by atoms with E-state index in [1.807, 2.05) is 0 Å². The molecule has 3 nitrogen and oxygen atoms in total. The molecule has 2 rings (SSSR count). The summed E-state index contributed by atoms with van der Waals surface area (Å²) in [5, 5.41) is 6.50. The Morgan fingerprint density at radius 1 is 1.40 bits per heavy atom. The molecule has 0 bridgehead atoms. The molecule has 2 aliphatic rings. The number of fused-ring (bicyclic) bond motifs is 1. The first-order valence-corrected chi connectivity index (χ1v) is 6.03. The number of hydrogen-bond donors (Lipinski definition) is 2. The molecule has 0 aromatic carbocycles. The Morgan fingerprint density at radius 3 is 2.53 bits per heavy atom. The second-order valence-corrected chi connectivity index (χ2v) is 5.77. The zero-order valence-electron chi connectivity index (χ0n) is 9.97. The molecule has 0 spiro atoms. The van der Waals surface area contributed by atoms with Crippen LogP contribution >= 0.6 is 0 Å². The van der Waals surface area contributed by atoms with E-state index in [2.05, 4.69) is 31.4 Å². The summed E-state index contributed by atoms with van der Waals surface area (Å²) < 4.78 is 0. The zero-order valence-corrected chi connectivity index (χ0v) is 9.97. The van der Waals surface area contributed by atoms with Crippen molar-refractivity contribution in [2.75, 3.05) is 13.1 Å². The summed E-state index contributed by atoms with van der Waals surface area (Å²) in [6.07, 6.45) is 1.71. The average Bonchev–Trinajstić information content (AvgIpc) is 2.64. The maximum absolute atomic E-state index is 11.8. The van der Waals surface area contributed by atoms with Gasteiger partial charge in [-0.1, -0.05) is 27.2 Å². The number of carbonyl (C=O) groups excluding carboxylic acids is 1. The van der Waals surface area contributed by atoms with Gasteiger partial charge >= 0.3 is 0 Å². The highest BCUT2D eigenvalue weighted by molar-refractivity contribution is 5.77. The van der Waals surface area contributed by atoms with Crippen molar-refractivity contribution in [2.24, 2.45) is 17.3 Å². The van der Waals surface area contributed by atoms with Gasteiger partial charge < -0.3 is 10.6 Å². The van der Waals surface area contributed by atoms with E-state index in [4.69, 9.17) is 0 Å². The van der Waals surface area contributed by atoms with E-state index < -0.39 is 0 Å². The molecule has 0 aromatic heterocycles. The second kappa shape index (κ2) is 3.78. The second-order valence-electron chi connectivity index (χ2n) is 5.77. The smallest absolute Gasteiger partial charge is 0.220 e. The Labute approximate surface area is 92.0 Å². The van der Waals surface area contributed by atoms with Crippen LogP contribution in [0.15, 0.2) is 0 Å². The summed E-state index contributed by atoms with van der Waals surface area (Å²) in [6.45, 7) is 8.63. The standard InChI is InChI=1S/C12H22N2O/c1-4-12(2,3)5-10(15)14-11-8-6-13-7-9(8)11/h8-9,11,13H,4-7H2,1-3H3,(H,14,15). The number of amides is 1. The van der Waals surface area contributed by atoms with Gasteiger partial charge in [0.15, 0.2) is 0 Å². The van der Waals surface area contributed by atoms with Crippen LogP contribution in [0.4, 0.5) is 0 Å². The lowest BCUT2D eigenvalue weighted by Crippen LogP contribution is -2.34. The average molecular weight is 210 g/mol. The van der Waals surface area contributed by atoms with Crippen LogP contribution in [0.2, 0.25) is 0 Å². The fourth-order valence-corrected chi connectivity index (χ4v) is 2.43. The zero-order chi connectivity index (χ0) is 11.1. The minimum absolute atomic E-state index is 0.145. The lowest BCUT2D eigenvalue weighted by Gasteiger charge is -2.21. The van der Waals surface area contributed by atoms with Crippen LogP contribution in [0.25, 0.3) is 0 Å². The van der Waals surface area contributed by atoms with Gasteiger partial charge in [0.2, 0.25) is 5.91 Å². The first-order chi connectivity index (χ1) is 7.03. The highest BCUT2D eigenvalue weighted by Crippen LogP contribution is 2.41. The van der Waals surface area contributed by atoms with E-state index in [1.165, 1.54) is 0 Å². The lowest BCUT2D eigenvalue weighted by molar-refractivity contribution is -0.123. The number of hydrogen-bond acceptors (Lipinski definition) is 2. The molecule has 0 aromatic rings. The topological polar surface area (TPSA) is 41.1 Å². The van der Waals surface area contributed by atoms with Crippen molar-refractivity contribution in [1.29, 1.82) is 0 Å². The Hall–Kier alpha value is -0.570. The predicted molar refractivity (Wildman–Crippen MR) is 60.5 cm³/mol. The first kappa shape index (κ1) is 10.9. The molecule has 1 amide bonds. The van der Waals surface area contributed by atoms with E-state index in [1.54, 1.807) is 0 Å². The summed E-state index contributed by atoms with van der Waals surface area (Å²) in [4.78, 5) is 11.8. The SMILES string of the molecule is CCC(C)(C)CC(=O)NC1C2CNCC21. The van der Waals surface area contributed by atoms with Gasteiger partial charge in [0.25, 0.3) is 0 Å². The van der Waals surface area contributed by atoms with E-state index >= 15 is 0 Å². The van der Waals surface area contributed by atoms with Crippen molar-refractivity contribution >= 4 is 5.91 Å². The summed E-state index contributed by atoms with van der Waals surface area (Å²) in [7, 11) is 0. The molecule has 1 aliphatic heterocycles. The van der Waals surface area contributed by atoms with Gasteiger partial charge in [0.05, 0.1) is 0 Å². The third kappa shape index (κ3) is 2.33. The normalized spacial score (nSPS) is 33.7. The van der Waals surface area contributed by atoms with E-state index in [0.29, 0.717) is 12.5 Å². The van der Waals surface area contributed by atoms with E-state index in [-0.39, 0.29) is 11.3 Å². The van der Waals surface area contributed by atoms with E-state index in [0.717, 1.165) is 31.3 Å². The van der Waals surface area contributed by atoms with Crippen LogP contribution in [-0.4, -0.2) is 25.0 Å². The predicted octanol–water partition coefficient (Wildman–Crippen LogP) is 1.15. The summed E-state index contributed by atoms with van der Waals surface area (Å²) in [5.41, 5.74) is 0.145. The minimum atomic E-state index is 0.145. The molecule has 2 N–H and O–H groups in total. The molecule has 15 heavy (non-hydrogen) atoms. The Bertz CT molecular complexity index is 252. The lowest BCUT2D eigenvalue weighted by atomic mass is 9.86. The van der Waals surface area contributed by atoms with Gasteiger partial charge in [-0.2, -0.15) is 0 Å². The fraction of sp³-hybridized carbons (Fsp3) is 0.917. The van der Waals surface area contributed by atoms with Gasteiger partial charge in [-0.3, -0.25) is 4.79 Å². The van der Waals surface area contributed by atoms with Crippen LogP contribution in [0.5, 0.6) is 0 Å². The molecule has 86 valence electrons. The fourth-order valence-electron chi connectivity index (χ4n) is 2.43. The number of nitrogens with one attached hydrogen (secondary N) is 2. The quantitative estimate of drug-likeness (QED) is 0.731. The molecular weight excluding hydrogens is 188 g/mol. The van der Waals surface area contributed by atoms with Gasteiger partial charge in [0.1, 0.15) is 0 Å². The molecule has 1 saturated heterocycles. The highest BCUT2D eigenvalue weighted by Gasteiger charge is 2.53. The number of piperidine rings is 1. The van der Waals surface area contributed by atoms with Crippen molar-refractivity contribution in [3.05, 3.63) is 0 Å². The largest absolute Gasteiger partial charge is 0.353 e. The Balaban J connectivity index is 1.74. The monoisotopic (exact) mass is 210 g/mol. The third-order valence-corrected chi connectivity index (χ3v) is 4.02. The van der Waals surface area contributed by atoms with Gasteiger partial charge in [-0.05, 0) is 17.3 Å². The highest BCUT2D eigenvalue weighted by atomic mass is 16.1. The molecule has 2 fully saturated rings. The third-order valence-electron chi connectivity index (χ3n) is 4.02. The van der Waals surface area contributed by atoms with Crippen molar-refractivity contribution in [3.8, 4) is 0 Å². The van der Waals surface area contributed by atoms with Gasteiger partial charge in [-0.15, -0.1) is 0 Å². The molecule has 2 unspecified atom stereocenters. The minimum Gasteiger partial charge on any atom is -0.353 e. The maximum Gasteiger partial charge on any atom is 0.220 e. The summed E-state index contributed by atoms with van der Waals surface area (Å²) in [5.74, 6) is 1.68. The molecule has 0 radical (unpaired) electrons. The number of rotatable bonds is 4. The van der Waals surface area contributed by atoms with Crippen LogP contribution in [-0.2, 0) is 4.79 Å². The van der Waals surface area contributed by atoms with Gasteiger partial charge in [-0.25, -0.2) is 0 Å². The summed E-state index contributed by atoms with van der Waals surface area (Å²) in [6, 6.07) is 0.478. The molecule has 1 aliphatic carbocycles. The van der Waals surface area contributed by atoms with Crippen LogP contribution < -0.4 is 10.6 Å².